The maximum atomic E-state index is 12.8. The molecule has 0 saturated heterocycles. The fraction of sp³-hybridized carbons (Fsp3) is 0.0714. The number of anilines is 1. The molecule has 2 nitrogen and oxygen atoms in total. The lowest BCUT2D eigenvalue weighted by atomic mass is 10.3. The maximum absolute atomic E-state index is 12.8. The Morgan fingerprint density at radius 1 is 1.00 bits per heavy atom. The second kappa shape index (κ2) is 6.33. The van der Waals surface area contributed by atoms with E-state index >= 15 is 0 Å². The SMILES string of the molecule is O=C(CF)Nc1ccc(Sc2ccc(F)cc2)cc1. The normalized spacial score (nSPS) is 10.2. The van der Waals surface area contributed by atoms with Gasteiger partial charge in [-0.3, -0.25) is 4.79 Å². The molecule has 0 unspecified atom stereocenters. The third kappa shape index (κ3) is 4.06. The minimum Gasteiger partial charge on any atom is -0.324 e. The molecule has 1 amide bonds. The average Bonchev–Trinajstić information content (AvgIpc) is 2.43. The Kier molecular flexibility index (Phi) is 4.52. The molecule has 0 aliphatic rings. The summed E-state index contributed by atoms with van der Waals surface area (Å²) in [5, 5.41) is 2.42. The molecule has 2 aromatic carbocycles. The van der Waals surface area contributed by atoms with Crippen molar-refractivity contribution in [1.82, 2.24) is 0 Å². The molecule has 0 fully saturated rings. The van der Waals surface area contributed by atoms with Gasteiger partial charge in [0.1, 0.15) is 5.82 Å². The van der Waals surface area contributed by atoms with E-state index in [1.807, 2.05) is 12.1 Å². The standard InChI is InChI=1S/C14H11F2NOS/c15-9-14(18)17-11-3-7-13(8-4-11)19-12-5-1-10(16)2-6-12/h1-8H,9H2,(H,17,18). The minimum atomic E-state index is -1.04. The Morgan fingerprint density at radius 2 is 1.53 bits per heavy atom. The summed E-state index contributed by atoms with van der Waals surface area (Å²) in [6.07, 6.45) is 0. The number of carbonyl (C=O) groups is 1. The van der Waals surface area contributed by atoms with Crippen LogP contribution >= 0.6 is 11.8 Å². The molecule has 0 spiro atoms. The summed E-state index contributed by atoms with van der Waals surface area (Å²) in [5.74, 6) is -0.937. The van der Waals surface area contributed by atoms with E-state index in [0.29, 0.717) is 5.69 Å². The topological polar surface area (TPSA) is 29.1 Å². The van der Waals surface area contributed by atoms with Gasteiger partial charge < -0.3 is 5.32 Å². The Hall–Kier alpha value is -1.88. The first-order chi connectivity index (χ1) is 9.17. The second-order valence-corrected chi connectivity index (χ2v) is 4.91. The molecule has 0 bridgehead atoms. The van der Waals surface area contributed by atoms with E-state index in [-0.39, 0.29) is 5.82 Å². The lowest BCUT2D eigenvalue weighted by molar-refractivity contribution is -0.117. The van der Waals surface area contributed by atoms with Gasteiger partial charge in [-0.1, -0.05) is 11.8 Å². The predicted molar refractivity (Wildman–Crippen MR) is 71.6 cm³/mol. The van der Waals surface area contributed by atoms with E-state index < -0.39 is 12.6 Å². The zero-order valence-electron chi connectivity index (χ0n) is 9.90. The number of alkyl halides is 1. The molecule has 2 rings (SSSR count). The third-order valence-corrected chi connectivity index (χ3v) is 3.32. The van der Waals surface area contributed by atoms with Gasteiger partial charge >= 0.3 is 0 Å². The van der Waals surface area contributed by atoms with Crippen LogP contribution in [0.3, 0.4) is 0 Å². The largest absolute Gasteiger partial charge is 0.324 e. The van der Waals surface area contributed by atoms with Crippen molar-refractivity contribution in [2.24, 2.45) is 0 Å². The van der Waals surface area contributed by atoms with E-state index in [0.717, 1.165) is 9.79 Å². The highest BCUT2D eigenvalue weighted by atomic mass is 32.2. The van der Waals surface area contributed by atoms with Crippen LogP contribution in [0.1, 0.15) is 0 Å². The molecule has 0 heterocycles. The Bertz CT molecular complexity index is 555. The number of hydrogen-bond acceptors (Lipinski definition) is 2. The van der Waals surface area contributed by atoms with Gasteiger partial charge in [-0.25, -0.2) is 8.78 Å². The van der Waals surface area contributed by atoms with Crippen molar-refractivity contribution < 1.29 is 13.6 Å². The van der Waals surface area contributed by atoms with Crippen molar-refractivity contribution in [3.8, 4) is 0 Å². The number of hydrogen-bond donors (Lipinski definition) is 1. The number of carbonyl (C=O) groups excluding carboxylic acids is 1. The summed E-state index contributed by atoms with van der Waals surface area (Å²) >= 11 is 1.48. The first-order valence-electron chi connectivity index (χ1n) is 5.56. The number of benzene rings is 2. The van der Waals surface area contributed by atoms with Crippen molar-refractivity contribution in [1.29, 1.82) is 0 Å². The van der Waals surface area contributed by atoms with Crippen molar-refractivity contribution in [2.45, 2.75) is 9.79 Å². The van der Waals surface area contributed by atoms with Gasteiger partial charge in [-0.05, 0) is 48.5 Å². The lowest BCUT2D eigenvalue weighted by Crippen LogP contribution is -2.12. The molecule has 98 valence electrons. The number of rotatable bonds is 4. The number of nitrogens with one attached hydrogen (secondary N) is 1. The molecular formula is C14H11F2NOS. The van der Waals surface area contributed by atoms with E-state index in [4.69, 9.17) is 0 Å². The lowest BCUT2D eigenvalue weighted by Gasteiger charge is -2.05. The average molecular weight is 279 g/mol. The fourth-order valence-electron chi connectivity index (χ4n) is 1.44. The van der Waals surface area contributed by atoms with E-state index in [2.05, 4.69) is 5.32 Å². The second-order valence-electron chi connectivity index (χ2n) is 3.76. The Morgan fingerprint density at radius 3 is 2.05 bits per heavy atom. The molecule has 5 heteroatoms. The smallest absolute Gasteiger partial charge is 0.255 e. The van der Waals surface area contributed by atoms with Gasteiger partial charge in [0.15, 0.2) is 6.67 Å². The molecule has 0 saturated carbocycles. The zero-order valence-corrected chi connectivity index (χ0v) is 10.7. The highest BCUT2D eigenvalue weighted by molar-refractivity contribution is 7.99. The summed E-state index contributed by atoms with van der Waals surface area (Å²) < 4.78 is 24.8. The van der Waals surface area contributed by atoms with Crippen molar-refractivity contribution in [2.75, 3.05) is 12.0 Å². The van der Waals surface area contributed by atoms with Gasteiger partial charge in [-0.15, -0.1) is 0 Å². The van der Waals surface area contributed by atoms with Gasteiger partial charge in [0.2, 0.25) is 0 Å². The zero-order chi connectivity index (χ0) is 13.7. The summed E-state index contributed by atoms with van der Waals surface area (Å²) in [5.41, 5.74) is 0.547. The van der Waals surface area contributed by atoms with E-state index in [1.165, 1.54) is 23.9 Å². The highest BCUT2D eigenvalue weighted by Crippen LogP contribution is 2.28. The summed E-state index contributed by atoms with van der Waals surface area (Å²) in [7, 11) is 0. The first kappa shape index (κ1) is 13.5. The fourth-order valence-corrected chi connectivity index (χ4v) is 2.26. The van der Waals surface area contributed by atoms with Crippen LogP contribution in [0.4, 0.5) is 14.5 Å². The monoisotopic (exact) mass is 279 g/mol. The minimum absolute atomic E-state index is 0.270. The van der Waals surface area contributed by atoms with Crippen LogP contribution in [-0.2, 0) is 4.79 Å². The molecule has 0 aliphatic heterocycles. The van der Waals surface area contributed by atoms with E-state index in [9.17, 15) is 13.6 Å². The Balaban J connectivity index is 2.02. The van der Waals surface area contributed by atoms with E-state index in [1.54, 1.807) is 24.3 Å². The van der Waals surface area contributed by atoms with Gasteiger partial charge in [0.05, 0.1) is 0 Å². The molecular weight excluding hydrogens is 268 g/mol. The summed E-state index contributed by atoms with van der Waals surface area (Å²) in [4.78, 5) is 12.7. The van der Waals surface area contributed by atoms with Crippen LogP contribution in [0.25, 0.3) is 0 Å². The maximum Gasteiger partial charge on any atom is 0.255 e. The molecule has 0 aromatic heterocycles. The molecule has 0 atom stereocenters. The molecule has 2 aromatic rings. The molecule has 19 heavy (non-hydrogen) atoms. The molecule has 1 N–H and O–H groups in total. The van der Waals surface area contributed by atoms with Gasteiger partial charge in [0.25, 0.3) is 5.91 Å². The van der Waals surface area contributed by atoms with Crippen LogP contribution in [0.2, 0.25) is 0 Å². The molecule has 0 aliphatic carbocycles. The van der Waals surface area contributed by atoms with Gasteiger partial charge in [-0.2, -0.15) is 0 Å². The van der Waals surface area contributed by atoms with Crippen LogP contribution in [0.5, 0.6) is 0 Å². The van der Waals surface area contributed by atoms with Crippen molar-refractivity contribution in [3.05, 3.63) is 54.3 Å². The number of halogens is 2. The summed E-state index contributed by atoms with van der Waals surface area (Å²) in [6, 6.07) is 13.2. The van der Waals surface area contributed by atoms with Crippen molar-refractivity contribution in [3.63, 3.8) is 0 Å². The summed E-state index contributed by atoms with van der Waals surface area (Å²) in [6.45, 7) is -1.04. The first-order valence-corrected chi connectivity index (χ1v) is 6.38. The van der Waals surface area contributed by atoms with Crippen molar-refractivity contribution >= 4 is 23.4 Å². The van der Waals surface area contributed by atoms with Crippen LogP contribution in [0, 0.1) is 5.82 Å². The Labute approximate surface area is 113 Å². The third-order valence-electron chi connectivity index (χ3n) is 2.31. The van der Waals surface area contributed by atoms with Gasteiger partial charge in [0, 0.05) is 15.5 Å². The number of amides is 1. The predicted octanol–water partition coefficient (Wildman–Crippen LogP) is 3.88. The van der Waals surface area contributed by atoms with Crippen LogP contribution in [0.15, 0.2) is 58.3 Å². The van der Waals surface area contributed by atoms with Crippen LogP contribution < -0.4 is 5.32 Å². The highest BCUT2D eigenvalue weighted by Gasteiger charge is 2.02. The van der Waals surface area contributed by atoms with Crippen LogP contribution in [-0.4, -0.2) is 12.6 Å². The molecule has 0 radical (unpaired) electrons. The quantitative estimate of drug-likeness (QED) is 0.920.